The molecule has 0 spiro atoms. The summed E-state index contributed by atoms with van der Waals surface area (Å²) in [4.78, 5) is 17.2. The summed E-state index contributed by atoms with van der Waals surface area (Å²) < 4.78 is 0. The summed E-state index contributed by atoms with van der Waals surface area (Å²) in [5, 5.41) is 10.6. The molecule has 76 valence electrons. The molecule has 0 unspecified atom stereocenters. The van der Waals surface area contributed by atoms with E-state index in [1.165, 1.54) is 12.1 Å². The second kappa shape index (κ2) is 3.53. The fraction of sp³-hybridized carbons (Fsp3) is 0.100. The monoisotopic (exact) mass is 203 g/mol. The normalized spacial score (nSPS) is 10.2. The molecule has 2 aromatic rings. The zero-order valence-corrected chi connectivity index (χ0v) is 8.10. The average Bonchev–Trinajstić information content (AvgIpc) is 2.71. The first-order valence-electron chi connectivity index (χ1n) is 4.43. The predicted octanol–water partition coefficient (Wildman–Crippen LogP) is 2.29. The van der Waals surface area contributed by atoms with E-state index in [-0.39, 0.29) is 5.69 Å². The van der Waals surface area contributed by atoms with Crippen molar-refractivity contribution in [3.63, 3.8) is 0 Å². The lowest BCUT2D eigenvalue weighted by Gasteiger charge is -2.01. The van der Waals surface area contributed by atoms with Gasteiger partial charge in [0.1, 0.15) is 5.82 Å². The molecule has 0 saturated heterocycles. The SMILES string of the molecule is Cc1ccc([N+](=O)[O-])cc1-c1ncc[nH]1. The molecule has 0 atom stereocenters. The highest BCUT2D eigenvalue weighted by molar-refractivity contribution is 5.63. The van der Waals surface area contributed by atoms with Gasteiger partial charge in [-0.3, -0.25) is 10.1 Å². The Balaban J connectivity index is 2.55. The zero-order valence-electron chi connectivity index (χ0n) is 8.10. The molecule has 0 radical (unpaired) electrons. The highest BCUT2D eigenvalue weighted by atomic mass is 16.6. The quantitative estimate of drug-likeness (QED) is 0.601. The van der Waals surface area contributed by atoms with Crippen LogP contribution in [-0.4, -0.2) is 14.9 Å². The molecule has 15 heavy (non-hydrogen) atoms. The first kappa shape index (κ1) is 9.39. The minimum absolute atomic E-state index is 0.0759. The minimum Gasteiger partial charge on any atom is -0.345 e. The molecule has 1 heterocycles. The van der Waals surface area contributed by atoms with Gasteiger partial charge in [-0.15, -0.1) is 0 Å². The average molecular weight is 203 g/mol. The van der Waals surface area contributed by atoms with E-state index in [9.17, 15) is 10.1 Å². The Bertz CT molecular complexity index is 491. The Kier molecular flexibility index (Phi) is 2.21. The number of hydrogen-bond donors (Lipinski definition) is 1. The van der Waals surface area contributed by atoms with E-state index in [1.807, 2.05) is 6.92 Å². The van der Waals surface area contributed by atoms with Crippen LogP contribution in [-0.2, 0) is 0 Å². The third-order valence-corrected chi connectivity index (χ3v) is 2.19. The van der Waals surface area contributed by atoms with Crippen LogP contribution >= 0.6 is 0 Å². The van der Waals surface area contributed by atoms with Crippen molar-refractivity contribution < 1.29 is 4.92 Å². The van der Waals surface area contributed by atoms with E-state index >= 15 is 0 Å². The number of nitro groups is 1. The van der Waals surface area contributed by atoms with Crippen LogP contribution in [0.2, 0.25) is 0 Å². The number of nitrogens with one attached hydrogen (secondary N) is 1. The first-order valence-corrected chi connectivity index (χ1v) is 4.43. The summed E-state index contributed by atoms with van der Waals surface area (Å²) in [7, 11) is 0. The van der Waals surface area contributed by atoms with E-state index in [1.54, 1.807) is 18.5 Å². The van der Waals surface area contributed by atoms with Crippen LogP contribution in [0.3, 0.4) is 0 Å². The van der Waals surface area contributed by atoms with Gasteiger partial charge in [0.25, 0.3) is 5.69 Å². The summed E-state index contributed by atoms with van der Waals surface area (Å²) in [5.74, 6) is 0.649. The summed E-state index contributed by atoms with van der Waals surface area (Å²) in [6, 6.07) is 4.73. The van der Waals surface area contributed by atoms with Crippen LogP contribution in [0.15, 0.2) is 30.6 Å². The van der Waals surface area contributed by atoms with Crippen molar-refractivity contribution in [2.75, 3.05) is 0 Å². The summed E-state index contributed by atoms with van der Waals surface area (Å²) in [6.07, 6.45) is 3.31. The van der Waals surface area contributed by atoms with E-state index in [2.05, 4.69) is 9.97 Å². The lowest BCUT2D eigenvalue weighted by molar-refractivity contribution is -0.384. The molecule has 0 bridgehead atoms. The van der Waals surface area contributed by atoms with Crippen molar-refractivity contribution in [2.24, 2.45) is 0 Å². The van der Waals surface area contributed by atoms with Crippen molar-refractivity contribution in [1.82, 2.24) is 9.97 Å². The number of H-pyrrole nitrogens is 1. The molecule has 0 aliphatic rings. The van der Waals surface area contributed by atoms with Crippen LogP contribution < -0.4 is 0 Å². The molecule has 0 amide bonds. The Morgan fingerprint density at radius 2 is 2.27 bits per heavy atom. The Morgan fingerprint density at radius 1 is 1.47 bits per heavy atom. The van der Waals surface area contributed by atoms with Gasteiger partial charge >= 0.3 is 0 Å². The third kappa shape index (κ3) is 1.71. The van der Waals surface area contributed by atoms with Gasteiger partial charge in [-0.25, -0.2) is 4.98 Å². The van der Waals surface area contributed by atoms with Crippen molar-refractivity contribution in [3.8, 4) is 11.4 Å². The third-order valence-electron chi connectivity index (χ3n) is 2.19. The second-order valence-corrected chi connectivity index (χ2v) is 3.19. The summed E-state index contributed by atoms with van der Waals surface area (Å²) in [5.41, 5.74) is 1.79. The minimum atomic E-state index is -0.411. The maximum absolute atomic E-state index is 10.6. The fourth-order valence-electron chi connectivity index (χ4n) is 1.39. The number of nitrogens with zero attached hydrogens (tertiary/aromatic N) is 2. The van der Waals surface area contributed by atoms with E-state index in [0.29, 0.717) is 5.82 Å². The zero-order chi connectivity index (χ0) is 10.8. The van der Waals surface area contributed by atoms with Crippen LogP contribution in [0, 0.1) is 17.0 Å². The van der Waals surface area contributed by atoms with Gasteiger partial charge < -0.3 is 4.98 Å². The molecule has 0 aliphatic heterocycles. The molecule has 1 aromatic carbocycles. The summed E-state index contributed by atoms with van der Waals surface area (Å²) >= 11 is 0. The van der Waals surface area contributed by atoms with Gasteiger partial charge in [0, 0.05) is 30.1 Å². The molecular formula is C10H9N3O2. The molecular weight excluding hydrogens is 194 g/mol. The number of imidazole rings is 1. The number of rotatable bonds is 2. The van der Waals surface area contributed by atoms with Crippen LogP contribution in [0.4, 0.5) is 5.69 Å². The number of aryl methyl sites for hydroxylation is 1. The largest absolute Gasteiger partial charge is 0.345 e. The molecule has 1 aromatic heterocycles. The van der Waals surface area contributed by atoms with Crippen molar-refractivity contribution in [2.45, 2.75) is 6.92 Å². The lowest BCUT2D eigenvalue weighted by atomic mass is 10.1. The van der Waals surface area contributed by atoms with Gasteiger partial charge in [-0.05, 0) is 12.5 Å². The van der Waals surface area contributed by atoms with Crippen molar-refractivity contribution in [1.29, 1.82) is 0 Å². The van der Waals surface area contributed by atoms with Crippen molar-refractivity contribution in [3.05, 3.63) is 46.3 Å². The number of hydrogen-bond acceptors (Lipinski definition) is 3. The molecule has 5 nitrogen and oxygen atoms in total. The predicted molar refractivity (Wildman–Crippen MR) is 55.4 cm³/mol. The van der Waals surface area contributed by atoms with Crippen LogP contribution in [0.1, 0.15) is 5.56 Å². The molecule has 5 heteroatoms. The van der Waals surface area contributed by atoms with Gasteiger partial charge in [-0.2, -0.15) is 0 Å². The smallest absolute Gasteiger partial charge is 0.270 e. The number of non-ortho nitro benzene ring substituents is 1. The highest BCUT2D eigenvalue weighted by Crippen LogP contribution is 2.24. The molecule has 2 rings (SSSR count). The van der Waals surface area contributed by atoms with E-state index < -0.39 is 4.92 Å². The van der Waals surface area contributed by atoms with Gasteiger partial charge in [0.2, 0.25) is 0 Å². The molecule has 1 N–H and O–H groups in total. The fourth-order valence-corrected chi connectivity index (χ4v) is 1.39. The Morgan fingerprint density at radius 3 is 2.87 bits per heavy atom. The molecule has 0 saturated carbocycles. The van der Waals surface area contributed by atoms with Crippen LogP contribution in [0.25, 0.3) is 11.4 Å². The van der Waals surface area contributed by atoms with E-state index in [4.69, 9.17) is 0 Å². The number of nitro benzene ring substituents is 1. The number of aromatic nitrogens is 2. The van der Waals surface area contributed by atoms with Crippen LogP contribution in [0.5, 0.6) is 0 Å². The maximum atomic E-state index is 10.6. The van der Waals surface area contributed by atoms with E-state index in [0.717, 1.165) is 11.1 Å². The highest BCUT2D eigenvalue weighted by Gasteiger charge is 2.11. The molecule has 0 aliphatic carbocycles. The van der Waals surface area contributed by atoms with Gasteiger partial charge in [-0.1, -0.05) is 6.07 Å². The topological polar surface area (TPSA) is 71.8 Å². The van der Waals surface area contributed by atoms with Gasteiger partial charge in [0.15, 0.2) is 0 Å². The summed E-state index contributed by atoms with van der Waals surface area (Å²) in [6.45, 7) is 1.89. The number of benzene rings is 1. The Hall–Kier alpha value is -2.17. The number of aromatic amines is 1. The Labute approximate surface area is 85.9 Å². The van der Waals surface area contributed by atoms with Gasteiger partial charge in [0.05, 0.1) is 4.92 Å². The standard InChI is InChI=1S/C10H9N3O2/c1-7-2-3-8(13(14)15)6-9(7)10-11-4-5-12-10/h2-6H,1H3,(H,11,12). The first-order chi connectivity index (χ1) is 7.18. The second-order valence-electron chi connectivity index (χ2n) is 3.19. The maximum Gasteiger partial charge on any atom is 0.270 e. The van der Waals surface area contributed by atoms with Crippen molar-refractivity contribution >= 4 is 5.69 Å². The lowest BCUT2D eigenvalue weighted by Crippen LogP contribution is -1.91. The molecule has 0 fully saturated rings.